The Hall–Kier alpha value is -2.87. The Morgan fingerprint density at radius 1 is 1.09 bits per heavy atom. The van der Waals surface area contributed by atoms with E-state index in [2.05, 4.69) is 10.3 Å². The quantitative estimate of drug-likeness (QED) is 0.772. The van der Waals surface area contributed by atoms with Crippen LogP contribution in [0.4, 0.5) is 10.5 Å². The second-order valence-corrected chi connectivity index (χ2v) is 5.99. The second kappa shape index (κ2) is 5.49. The van der Waals surface area contributed by atoms with Crippen molar-refractivity contribution in [2.24, 2.45) is 0 Å². The number of hydrogen-bond donors (Lipinski definition) is 2. The zero-order valence-corrected chi connectivity index (χ0v) is 12.0. The van der Waals surface area contributed by atoms with Crippen LogP contribution in [-0.4, -0.2) is 19.4 Å². The van der Waals surface area contributed by atoms with Gasteiger partial charge in [-0.05, 0) is 24.3 Å². The first-order valence-electron chi connectivity index (χ1n) is 6.27. The number of carbonyl (C=O) groups is 1. The average molecular weight is 317 g/mol. The molecule has 0 radical (unpaired) electrons. The summed E-state index contributed by atoms with van der Waals surface area (Å²) >= 11 is 0. The first-order valence-corrected chi connectivity index (χ1v) is 7.76. The molecule has 2 aromatic heterocycles. The van der Waals surface area contributed by atoms with Gasteiger partial charge in [-0.25, -0.2) is 9.52 Å². The highest BCUT2D eigenvalue weighted by Gasteiger charge is 2.20. The van der Waals surface area contributed by atoms with Crippen molar-refractivity contribution in [1.29, 1.82) is 0 Å². The molecule has 0 saturated heterocycles. The number of rotatable bonds is 3. The van der Waals surface area contributed by atoms with Crippen molar-refractivity contribution in [3.8, 4) is 0 Å². The van der Waals surface area contributed by atoms with Crippen molar-refractivity contribution in [2.45, 2.75) is 5.09 Å². The van der Waals surface area contributed by atoms with Gasteiger partial charge in [-0.15, -0.1) is 0 Å². The van der Waals surface area contributed by atoms with Crippen LogP contribution in [0.25, 0.3) is 10.9 Å². The SMILES string of the molecule is O=C(Nc1cccc2cccnc12)NS(=O)(=O)c1ccco1. The lowest BCUT2D eigenvalue weighted by Gasteiger charge is -2.08. The summed E-state index contributed by atoms with van der Waals surface area (Å²) in [6.07, 6.45) is 2.80. The molecule has 0 saturated carbocycles. The van der Waals surface area contributed by atoms with Crippen LogP contribution in [0, 0.1) is 0 Å². The smallest absolute Gasteiger partial charge is 0.333 e. The van der Waals surface area contributed by atoms with E-state index in [1.54, 1.807) is 24.4 Å². The number of amides is 2. The van der Waals surface area contributed by atoms with Crippen molar-refractivity contribution < 1.29 is 17.6 Å². The van der Waals surface area contributed by atoms with Crippen molar-refractivity contribution in [2.75, 3.05) is 5.32 Å². The molecule has 2 N–H and O–H groups in total. The molecule has 2 heterocycles. The highest BCUT2D eigenvalue weighted by Crippen LogP contribution is 2.20. The zero-order chi connectivity index (χ0) is 15.6. The third kappa shape index (κ3) is 2.77. The van der Waals surface area contributed by atoms with Crippen LogP contribution >= 0.6 is 0 Å². The van der Waals surface area contributed by atoms with E-state index in [1.165, 1.54) is 18.4 Å². The maximum Gasteiger partial charge on any atom is 0.333 e. The van der Waals surface area contributed by atoms with Crippen LogP contribution < -0.4 is 10.0 Å². The van der Waals surface area contributed by atoms with Gasteiger partial charge >= 0.3 is 6.03 Å². The van der Waals surface area contributed by atoms with E-state index in [9.17, 15) is 13.2 Å². The molecule has 112 valence electrons. The van der Waals surface area contributed by atoms with Crippen molar-refractivity contribution in [1.82, 2.24) is 9.71 Å². The van der Waals surface area contributed by atoms with Crippen LogP contribution in [0.1, 0.15) is 0 Å². The maximum atomic E-state index is 11.9. The minimum Gasteiger partial charge on any atom is -0.451 e. The molecule has 0 aliphatic rings. The first-order chi connectivity index (χ1) is 10.6. The van der Waals surface area contributed by atoms with Crippen LogP contribution in [0.15, 0.2) is 64.4 Å². The molecule has 0 aliphatic heterocycles. The van der Waals surface area contributed by atoms with E-state index in [4.69, 9.17) is 4.42 Å². The van der Waals surface area contributed by atoms with Gasteiger partial charge in [0, 0.05) is 11.6 Å². The Morgan fingerprint density at radius 2 is 1.91 bits per heavy atom. The van der Waals surface area contributed by atoms with Gasteiger partial charge in [0.2, 0.25) is 5.09 Å². The number of sulfonamides is 1. The van der Waals surface area contributed by atoms with Crippen LogP contribution in [0.2, 0.25) is 0 Å². The summed E-state index contributed by atoms with van der Waals surface area (Å²) in [5, 5.41) is 2.96. The fraction of sp³-hybridized carbons (Fsp3) is 0. The minimum atomic E-state index is -4.04. The van der Waals surface area contributed by atoms with Gasteiger partial charge in [0.15, 0.2) is 0 Å². The summed E-state index contributed by atoms with van der Waals surface area (Å²) in [6.45, 7) is 0. The molecule has 0 unspecified atom stereocenters. The summed E-state index contributed by atoms with van der Waals surface area (Å²) in [5.41, 5.74) is 0.973. The fourth-order valence-corrected chi connectivity index (χ4v) is 2.78. The van der Waals surface area contributed by atoms with Crippen LogP contribution in [-0.2, 0) is 10.0 Å². The van der Waals surface area contributed by atoms with Crippen LogP contribution in [0.5, 0.6) is 0 Å². The second-order valence-electron chi connectivity index (χ2n) is 4.37. The molecule has 0 aliphatic carbocycles. The number of para-hydroxylation sites is 1. The number of benzene rings is 1. The molecule has 8 heteroatoms. The Labute approximate surface area is 126 Å². The largest absolute Gasteiger partial charge is 0.451 e. The summed E-state index contributed by atoms with van der Waals surface area (Å²) in [4.78, 5) is 16.1. The lowest BCUT2D eigenvalue weighted by molar-refractivity contribution is 0.256. The standard InChI is InChI=1S/C14H11N3O4S/c18-14(17-22(19,20)12-7-3-9-21-12)16-11-6-1-4-10-5-2-8-15-13(10)11/h1-9H,(H2,16,17,18). The predicted octanol–water partition coefficient (Wildman–Crippen LogP) is 2.34. The number of hydrogen-bond acceptors (Lipinski definition) is 5. The van der Waals surface area contributed by atoms with Gasteiger partial charge in [0.1, 0.15) is 0 Å². The van der Waals surface area contributed by atoms with Gasteiger partial charge in [-0.1, -0.05) is 18.2 Å². The molecular formula is C14H11N3O4S. The van der Waals surface area contributed by atoms with Crippen molar-refractivity contribution in [3.05, 3.63) is 54.9 Å². The molecule has 1 aromatic carbocycles. The Balaban J connectivity index is 1.82. The van der Waals surface area contributed by atoms with Gasteiger partial charge in [0.05, 0.1) is 17.5 Å². The number of fused-ring (bicyclic) bond motifs is 1. The fourth-order valence-electron chi connectivity index (χ4n) is 1.94. The summed E-state index contributed by atoms with van der Waals surface area (Å²) in [7, 11) is -4.04. The van der Waals surface area contributed by atoms with Crippen molar-refractivity contribution in [3.63, 3.8) is 0 Å². The van der Waals surface area contributed by atoms with Crippen LogP contribution in [0.3, 0.4) is 0 Å². The summed E-state index contributed by atoms with van der Waals surface area (Å²) < 4.78 is 30.4. The first kappa shape index (κ1) is 14.1. The Bertz CT molecular complexity index is 915. The van der Waals surface area contributed by atoms with E-state index in [0.717, 1.165) is 5.39 Å². The third-order valence-electron chi connectivity index (χ3n) is 2.87. The maximum absolute atomic E-state index is 11.9. The molecule has 7 nitrogen and oxygen atoms in total. The number of urea groups is 1. The summed E-state index contributed by atoms with van der Waals surface area (Å²) in [6, 6.07) is 10.6. The van der Waals surface area contributed by atoms with E-state index in [-0.39, 0.29) is 5.09 Å². The number of nitrogens with one attached hydrogen (secondary N) is 2. The highest BCUT2D eigenvalue weighted by atomic mass is 32.2. The lowest BCUT2D eigenvalue weighted by atomic mass is 10.2. The highest BCUT2D eigenvalue weighted by molar-refractivity contribution is 7.89. The van der Waals surface area contributed by atoms with Gasteiger partial charge in [0.25, 0.3) is 10.0 Å². The average Bonchev–Trinajstić information content (AvgIpc) is 3.02. The Kier molecular flexibility index (Phi) is 3.51. The molecule has 22 heavy (non-hydrogen) atoms. The van der Waals surface area contributed by atoms with E-state index >= 15 is 0 Å². The van der Waals surface area contributed by atoms with Gasteiger partial charge in [-0.2, -0.15) is 8.42 Å². The normalized spacial score (nSPS) is 11.3. The molecule has 0 bridgehead atoms. The number of carbonyl (C=O) groups excluding carboxylic acids is 1. The minimum absolute atomic E-state index is 0.335. The lowest BCUT2D eigenvalue weighted by Crippen LogP contribution is -2.34. The molecule has 3 rings (SSSR count). The van der Waals surface area contributed by atoms with Gasteiger partial charge in [-0.3, -0.25) is 4.98 Å². The van der Waals surface area contributed by atoms with E-state index < -0.39 is 16.1 Å². The number of nitrogens with zero attached hydrogens (tertiary/aromatic N) is 1. The Morgan fingerprint density at radius 3 is 2.68 bits per heavy atom. The number of aromatic nitrogens is 1. The monoisotopic (exact) mass is 317 g/mol. The number of pyridine rings is 1. The predicted molar refractivity (Wildman–Crippen MR) is 79.8 cm³/mol. The number of furan rings is 1. The number of anilines is 1. The topological polar surface area (TPSA) is 101 Å². The molecule has 2 amide bonds. The molecule has 3 aromatic rings. The summed E-state index contributed by atoms with van der Waals surface area (Å²) in [5.74, 6) is 0. The third-order valence-corrected chi connectivity index (χ3v) is 4.08. The van der Waals surface area contributed by atoms with E-state index in [1.807, 2.05) is 16.9 Å². The van der Waals surface area contributed by atoms with Gasteiger partial charge < -0.3 is 9.73 Å². The van der Waals surface area contributed by atoms with E-state index in [0.29, 0.717) is 11.2 Å². The van der Waals surface area contributed by atoms with Crippen molar-refractivity contribution >= 4 is 32.6 Å². The zero-order valence-electron chi connectivity index (χ0n) is 11.2. The molecule has 0 fully saturated rings. The molecule has 0 spiro atoms. The molecular weight excluding hydrogens is 306 g/mol. The molecule has 0 atom stereocenters.